The van der Waals surface area contributed by atoms with Crippen molar-refractivity contribution in [2.24, 2.45) is 0 Å². The topological polar surface area (TPSA) is 130 Å². The summed E-state index contributed by atoms with van der Waals surface area (Å²) in [5.41, 5.74) is -1.64. The number of nitrogens with one attached hydrogen (secondary N) is 1. The second-order valence-electron chi connectivity index (χ2n) is 6.15. The zero-order valence-corrected chi connectivity index (χ0v) is 14.2. The van der Waals surface area contributed by atoms with Crippen molar-refractivity contribution in [2.45, 2.75) is 0 Å². The first-order valence-electron chi connectivity index (χ1n) is 8.18. The number of hydrogen-bond donors (Lipinski definition) is 3. The van der Waals surface area contributed by atoms with Crippen molar-refractivity contribution < 1.29 is 24.7 Å². The minimum Gasteiger partial charge on any atom is -0.507 e. The summed E-state index contributed by atoms with van der Waals surface area (Å²) in [4.78, 5) is 36.6. The summed E-state index contributed by atoms with van der Waals surface area (Å²) in [6, 6.07) is 13.5. The molecule has 28 heavy (non-hydrogen) atoms. The Morgan fingerprint density at radius 2 is 1.57 bits per heavy atom. The largest absolute Gasteiger partial charge is 0.507 e. The van der Waals surface area contributed by atoms with Gasteiger partial charge in [0.05, 0.1) is 21.7 Å². The zero-order valence-electron chi connectivity index (χ0n) is 14.2. The molecule has 0 saturated carbocycles. The summed E-state index contributed by atoms with van der Waals surface area (Å²) < 4.78 is 0. The average molecular weight is 376 g/mol. The Labute approximate surface area is 157 Å². The molecule has 8 nitrogen and oxygen atoms in total. The molecule has 8 heteroatoms. The van der Waals surface area contributed by atoms with E-state index in [1.807, 2.05) is 0 Å². The van der Waals surface area contributed by atoms with Crippen LogP contribution < -0.4 is 5.32 Å². The number of aromatic hydroxyl groups is 2. The quantitative estimate of drug-likeness (QED) is 0.283. The lowest BCUT2D eigenvalue weighted by molar-refractivity contribution is -0.385. The fourth-order valence-corrected chi connectivity index (χ4v) is 3.25. The van der Waals surface area contributed by atoms with Crippen LogP contribution in [0.1, 0.15) is 31.8 Å². The molecule has 4 rings (SSSR count). The summed E-state index contributed by atoms with van der Waals surface area (Å²) >= 11 is 0. The third kappa shape index (κ3) is 2.47. The molecule has 0 amide bonds. The molecular formula is C20H12N2O6. The number of phenolic OH excluding ortho intramolecular Hbond substituents is 2. The van der Waals surface area contributed by atoms with Crippen molar-refractivity contribution in [3.63, 3.8) is 0 Å². The number of carbonyl (C=O) groups is 2. The number of nitro benzene ring substituents is 1. The van der Waals surface area contributed by atoms with Crippen LogP contribution in [0.25, 0.3) is 0 Å². The van der Waals surface area contributed by atoms with E-state index >= 15 is 0 Å². The van der Waals surface area contributed by atoms with Crippen LogP contribution in [0.4, 0.5) is 17.1 Å². The summed E-state index contributed by atoms with van der Waals surface area (Å²) in [7, 11) is 0. The molecule has 0 fully saturated rings. The van der Waals surface area contributed by atoms with Gasteiger partial charge in [-0.2, -0.15) is 0 Å². The van der Waals surface area contributed by atoms with Crippen LogP contribution in [-0.2, 0) is 0 Å². The number of benzene rings is 3. The SMILES string of the molecule is O=C1c2c(O)cccc2C(=O)c2c(O)c(Nc3ccccc3)cc([N+](=O)[O-])c21. The molecule has 3 N–H and O–H groups in total. The predicted octanol–water partition coefficient (Wildman–Crippen LogP) is 3.53. The lowest BCUT2D eigenvalue weighted by Crippen LogP contribution is -2.23. The van der Waals surface area contributed by atoms with Crippen molar-refractivity contribution in [2.75, 3.05) is 5.32 Å². The third-order valence-electron chi connectivity index (χ3n) is 4.50. The molecule has 0 spiro atoms. The second kappa shape index (κ2) is 6.20. The van der Waals surface area contributed by atoms with Crippen LogP contribution in [0.15, 0.2) is 54.6 Å². The number of para-hydroxylation sites is 1. The normalized spacial score (nSPS) is 12.3. The number of anilines is 2. The molecule has 3 aromatic rings. The monoisotopic (exact) mass is 376 g/mol. The molecule has 0 saturated heterocycles. The Kier molecular flexibility index (Phi) is 3.82. The summed E-state index contributed by atoms with van der Waals surface area (Å²) in [6.45, 7) is 0. The number of fused-ring (bicyclic) bond motifs is 2. The Morgan fingerprint density at radius 3 is 2.25 bits per heavy atom. The standard InChI is InChI=1S/C20H12N2O6/c23-14-8-4-7-11-15(14)20(26)16-13(22(27)28)9-12(19(25)17(16)18(11)24)21-10-5-2-1-3-6-10/h1-9,21,23,25H. The van der Waals surface area contributed by atoms with E-state index in [9.17, 15) is 29.9 Å². The highest BCUT2D eigenvalue weighted by Crippen LogP contribution is 2.44. The molecule has 138 valence electrons. The van der Waals surface area contributed by atoms with Crippen LogP contribution in [0.2, 0.25) is 0 Å². The van der Waals surface area contributed by atoms with E-state index in [0.717, 1.165) is 6.07 Å². The van der Waals surface area contributed by atoms with E-state index in [-0.39, 0.29) is 16.8 Å². The van der Waals surface area contributed by atoms with Crippen molar-refractivity contribution in [1.29, 1.82) is 0 Å². The van der Waals surface area contributed by atoms with Gasteiger partial charge >= 0.3 is 0 Å². The molecule has 0 radical (unpaired) electrons. The molecule has 3 aromatic carbocycles. The van der Waals surface area contributed by atoms with E-state index in [4.69, 9.17) is 0 Å². The van der Waals surface area contributed by atoms with E-state index in [0.29, 0.717) is 5.69 Å². The molecular weight excluding hydrogens is 364 g/mol. The maximum absolute atomic E-state index is 12.9. The number of rotatable bonds is 3. The Hall–Kier alpha value is -4.20. The summed E-state index contributed by atoms with van der Waals surface area (Å²) in [5.74, 6) is -2.70. The molecule has 1 aliphatic rings. The lowest BCUT2D eigenvalue weighted by Gasteiger charge is -2.21. The first kappa shape index (κ1) is 17.2. The van der Waals surface area contributed by atoms with Gasteiger partial charge in [-0.05, 0) is 18.2 Å². The van der Waals surface area contributed by atoms with Crippen molar-refractivity contribution in [3.05, 3.63) is 87.0 Å². The van der Waals surface area contributed by atoms with Gasteiger partial charge in [0, 0.05) is 17.3 Å². The van der Waals surface area contributed by atoms with Gasteiger partial charge in [0.2, 0.25) is 5.78 Å². The van der Waals surface area contributed by atoms with Gasteiger partial charge in [0.15, 0.2) is 11.5 Å². The molecule has 0 bridgehead atoms. The molecule has 0 atom stereocenters. The Morgan fingerprint density at radius 1 is 0.857 bits per heavy atom. The van der Waals surface area contributed by atoms with Crippen LogP contribution in [0.3, 0.4) is 0 Å². The van der Waals surface area contributed by atoms with Gasteiger partial charge in [-0.3, -0.25) is 19.7 Å². The number of nitrogens with zero attached hydrogens (tertiary/aromatic N) is 1. The van der Waals surface area contributed by atoms with Gasteiger partial charge in [0.1, 0.15) is 11.3 Å². The van der Waals surface area contributed by atoms with E-state index in [1.165, 1.54) is 18.2 Å². The highest BCUT2D eigenvalue weighted by molar-refractivity contribution is 6.32. The van der Waals surface area contributed by atoms with Crippen molar-refractivity contribution in [1.82, 2.24) is 0 Å². The lowest BCUT2D eigenvalue weighted by atomic mass is 9.82. The maximum Gasteiger partial charge on any atom is 0.283 e. The smallest absolute Gasteiger partial charge is 0.283 e. The highest BCUT2D eigenvalue weighted by Gasteiger charge is 2.40. The first-order valence-corrected chi connectivity index (χ1v) is 8.18. The molecule has 0 unspecified atom stereocenters. The van der Waals surface area contributed by atoms with Crippen molar-refractivity contribution >= 4 is 28.6 Å². The number of hydrogen-bond acceptors (Lipinski definition) is 7. The fourth-order valence-electron chi connectivity index (χ4n) is 3.25. The second-order valence-corrected chi connectivity index (χ2v) is 6.15. The predicted molar refractivity (Wildman–Crippen MR) is 99.5 cm³/mol. The minimum atomic E-state index is -0.893. The zero-order chi connectivity index (χ0) is 20.0. The molecule has 0 aromatic heterocycles. The molecule has 0 aliphatic heterocycles. The third-order valence-corrected chi connectivity index (χ3v) is 4.50. The van der Waals surface area contributed by atoms with Crippen LogP contribution >= 0.6 is 0 Å². The van der Waals surface area contributed by atoms with Gasteiger partial charge in [-0.15, -0.1) is 0 Å². The minimum absolute atomic E-state index is 0.0820. The van der Waals surface area contributed by atoms with E-state index in [2.05, 4.69) is 5.32 Å². The van der Waals surface area contributed by atoms with Crippen LogP contribution in [-0.4, -0.2) is 26.7 Å². The first-order chi connectivity index (χ1) is 13.4. The van der Waals surface area contributed by atoms with Gasteiger partial charge in [-0.25, -0.2) is 0 Å². The highest BCUT2D eigenvalue weighted by atomic mass is 16.6. The van der Waals surface area contributed by atoms with Crippen LogP contribution in [0.5, 0.6) is 11.5 Å². The van der Waals surface area contributed by atoms with Crippen LogP contribution in [0, 0.1) is 10.1 Å². The number of carbonyl (C=O) groups excluding carboxylic acids is 2. The van der Waals surface area contributed by atoms with E-state index in [1.54, 1.807) is 30.3 Å². The average Bonchev–Trinajstić information content (AvgIpc) is 2.67. The molecule has 1 aliphatic carbocycles. The molecule has 0 heterocycles. The summed E-state index contributed by atoms with van der Waals surface area (Å²) in [6.07, 6.45) is 0. The summed E-state index contributed by atoms with van der Waals surface area (Å²) in [5, 5.41) is 35.1. The van der Waals surface area contributed by atoms with Gasteiger partial charge in [-0.1, -0.05) is 30.3 Å². The van der Waals surface area contributed by atoms with Gasteiger partial charge < -0.3 is 15.5 Å². The number of ketones is 2. The Balaban J connectivity index is 1.99. The Bertz CT molecular complexity index is 1170. The van der Waals surface area contributed by atoms with Crippen molar-refractivity contribution in [3.8, 4) is 11.5 Å². The fraction of sp³-hybridized carbons (Fsp3) is 0. The number of nitro groups is 1. The van der Waals surface area contributed by atoms with Gasteiger partial charge in [0.25, 0.3) is 5.69 Å². The number of phenols is 2. The van der Waals surface area contributed by atoms with E-state index < -0.39 is 44.8 Å². The maximum atomic E-state index is 12.9.